The van der Waals surface area contributed by atoms with Gasteiger partial charge in [-0.1, -0.05) is 11.8 Å². The van der Waals surface area contributed by atoms with E-state index in [0.717, 1.165) is 17.0 Å². The molecule has 2 aromatic heterocycles. The van der Waals surface area contributed by atoms with Crippen molar-refractivity contribution in [3.8, 4) is 0 Å². The summed E-state index contributed by atoms with van der Waals surface area (Å²) in [5.41, 5.74) is 3.35. The van der Waals surface area contributed by atoms with E-state index in [0.29, 0.717) is 22.9 Å². The molecule has 28 heavy (non-hydrogen) atoms. The number of benzene rings is 1. The Morgan fingerprint density at radius 2 is 1.96 bits per heavy atom. The summed E-state index contributed by atoms with van der Waals surface area (Å²) < 4.78 is 6.96. The molecule has 0 aliphatic rings. The second-order valence-corrected chi connectivity index (χ2v) is 6.93. The summed E-state index contributed by atoms with van der Waals surface area (Å²) >= 11 is 1.45. The third-order valence-electron chi connectivity index (χ3n) is 4.34. The Morgan fingerprint density at radius 1 is 1.25 bits per heavy atom. The molecule has 3 rings (SSSR count). The van der Waals surface area contributed by atoms with Crippen LogP contribution in [0.2, 0.25) is 0 Å². The maximum atomic E-state index is 12.1. The highest BCUT2D eigenvalue weighted by Gasteiger charge is 2.15. The Bertz CT molecular complexity index is 1030. The van der Waals surface area contributed by atoms with Crippen LogP contribution in [0.4, 0.5) is 5.69 Å². The number of carbonyl (C=O) groups excluding carboxylic acids is 1. The summed E-state index contributed by atoms with van der Waals surface area (Å²) in [5, 5.41) is 15.7. The van der Waals surface area contributed by atoms with Crippen molar-refractivity contribution in [2.75, 3.05) is 6.26 Å². The van der Waals surface area contributed by atoms with Crippen molar-refractivity contribution in [1.82, 2.24) is 19.6 Å². The first-order valence-electron chi connectivity index (χ1n) is 8.55. The first kappa shape index (κ1) is 19.7. The molecule has 0 N–H and O–H groups in total. The van der Waals surface area contributed by atoms with Gasteiger partial charge in [-0.3, -0.25) is 14.9 Å². The maximum Gasteiger partial charge on any atom is 0.306 e. The van der Waals surface area contributed by atoms with Gasteiger partial charge in [-0.2, -0.15) is 4.98 Å². The maximum absolute atomic E-state index is 12.1. The fourth-order valence-corrected chi connectivity index (χ4v) is 3.15. The van der Waals surface area contributed by atoms with Crippen LogP contribution in [0.3, 0.4) is 0 Å². The number of nitrogens with zero attached hydrogens (tertiary/aromatic N) is 5. The number of hydrogen-bond donors (Lipinski definition) is 0. The fraction of sp³-hybridized carbons (Fsp3) is 0.333. The number of aromatic nitrogens is 4. The van der Waals surface area contributed by atoms with Crippen molar-refractivity contribution < 1.29 is 14.5 Å². The highest BCUT2D eigenvalue weighted by atomic mass is 32.2. The molecule has 10 heteroatoms. The van der Waals surface area contributed by atoms with Gasteiger partial charge in [0.1, 0.15) is 6.61 Å². The van der Waals surface area contributed by atoms with Crippen LogP contribution in [0.5, 0.6) is 0 Å². The number of non-ortho nitro benzene ring substituents is 1. The molecule has 3 aromatic rings. The summed E-state index contributed by atoms with van der Waals surface area (Å²) in [7, 11) is 0. The normalized spacial score (nSPS) is 11.0. The van der Waals surface area contributed by atoms with Crippen LogP contribution in [-0.2, 0) is 22.6 Å². The number of esters is 1. The van der Waals surface area contributed by atoms with Crippen molar-refractivity contribution in [2.45, 2.75) is 38.5 Å². The lowest BCUT2D eigenvalue weighted by Crippen LogP contribution is -2.10. The van der Waals surface area contributed by atoms with E-state index < -0.39 is 4.92 Å². The summed E-state index contributed by atoms with van der Waals surface area (Å²) in [6.07, 6.45) is 2.58. The van der Waals surface area contributed by atoms with Crippen molar-refractivity contribution in [1.29, 1.82) is 0 Å². The van der Waals surface area contributed by atoms with Crippen LogP contribution in [-0.4, -0.2) is 36.7 Å². The molecule has 0 bridgehead atoms. The van der Waals surface area contributed by atoms with Gasteiger partial charge in [0.2, 0.25) is 5.16 Å². The van der Waals surface area contributed by atoms with Crippen LogP contribution in [0.1, 0.15) is 28.9 Å². The Morgan fingerprint density at radius 3 is 2.61 bits per heavy atom. The van der Waals surface area contributed by atoms with E-state index in [1.165, 1.54) is 23.9 Å². The molecule has 0 spiro atoms. The number of nitro benzene ring substituents is 1. The van der Waals surface area contributed by atoms with Gasteiger partial charge in [0.25, 0.3) is 11.5 Å². The van der Waals surface area contributed by atoms with E-state index in [1.54, 1.807) is 16.6 Å². The van der Waals surface area contributed by atoms with Gasteiger partial charge in [-0.05, 0) is 49.8 Å². The van der Waals surface area contributed by atoms with Gasteiger partial charge in [0.15, 0.2) is 0 Å². The summed E-state index contributed by atoms with van der Waals surface area (Å²) in [6.45, 7) is 3.89. The number of nitro groups is 1. The molecular formula is C18H19N5O4S. The van der Waals surface area contributed by atoms with Crippen molar-refractivity contribution in [2.24, 2.45) is 0 Å². The highest BCUT2D eigenvalue weighted by Crippen LogP contribution is 2.18. The first-order valence-corrected chi connectivity index (χ1v) is 9.77. The molecule has 0 saturated carbocycles. The number of hydrogen-bond acceptors (Lipinski definition) is 8. The summed E-state index contributed by atoms with van der Waals surface area (Å²) in [5.74, 6) is 0.199. The molecule has 0 unspecified atom stereocenters. The van der Waals surface area contributed by atoms with Crippen LogP contribution < -0.4 is 0 Å². The minimum Gasteiger partial charge on any atom is -0.461 e. The molecule has 1 aromatic carbocycles. The monoisotopic (exact) mass is 401 g/mol. The Labute approximate surface area is 165 Å². The number of rotatable bonds is 7. The van der Waals surface area contributed by atoms with Crippen molar-refractivity contribution in [3.05, 3.63) is 56.9 Å². The molecular weight excluding hydrogens is 382 g/mol. The Hall–Kier alpha value is -3.01. The van der Waals surface area contributed by atoms with E-state index in [-0.39, 0.29) is 24.7 Å². The lowest BCUT2D eigenvalue weighted by molar-refractivity contribution is -0.384. The molecule has 0 radical (unpaired) electrons. The largest absolute Gasteiger partial charge is 0.461 e. The lowest BCUT2D eigenvalue weighted by Gasteiger charge is -2.10. The van der Waals surface area contributed by atoms with E-state index in [9.17, 15) is 14.9 Å². The van der Waals surface area contributed by atoms with E-state index in [1.807, 2.05) is 20.1 Å². The highest BCUT2D eigenvalue weighted by molar-refractivity contribution is 7.98. The zero-order valence-electron chi connectivity index (χ0n) is 15.7. The average molecular weight is 401 g/mol. The van der Waals surface area contributed by atoms with Gasteiger partial charge < -0.3 is 4.74 Å². The summed E-state index contributed by atoms with van der Waals surface area (Å²) in [4.78, 5) is 31.1. The SMILES string of the molecule is CSc1nc2nc(C)c(CCC(=O)OCc3ccc([N+](=O)[O-])cc3)c(C)n2n1. The molecule has 0 aliphatic carbocycles. The third-order valence-corrected chi connectivity index (χ3v) is 4.88. The van der Waals surface area contributed by atoms with Crippen LogP contribution in [0.15, 0.2) is 29.4 Å². The van der Waals surface area contributed by atoms with Gasteiger partial charge in [0, 0.05) is 29.9 Å². The molecule has 0 saturated heterocycles. The van der Waals surface area contributed by atoms with E-state index >= 15 is 0 Å². The number of ether oxygens (including phenoxy) is 1. The number of aryl methyl sites for hydroxylation is 2. The van der Waals surface area contributed by atoms with Crippen LogP contribution in [0.25, 0.3) is 5.78 Å². The van der Waals surface area contributed by atoms with E-state index in [4.69, 9.17) is 4.74 Å². The fourth-order valence-electron chi connectivity index (χ4n) is 2.82. The molecule has 0 aliphatic heterocycles. The minimum absolute atomic E-state index is 0.00154. The zero-order chi connectivity index (χ0) is 20.3. The second-order valence-electron chi connectivity index (χ2n) is 6.16. The third kappa shape index (κ3) is 4.28. The van der Waals surface area contributed by atoms with Crippen LogP contribution >= 0.6 is 11.8 Å². The molecule has 146 valence electrons. The first-order chi connectivity index (χ1) is 13.4. The minimum atomic E-state index is -0.470. The molecule has 0 amide bonds. The molecule has 2 heterocycles. The predicted octanol–water partition coefficient (Wildman–Crippen LogP) is 3.05. The quantitative estimate of drug-likeness (QED) is 0.257. The van der Waals surface area contributed by atoms with Crippen LogP contribution in [0, 0.1) is 24.0 Å². The number of thioether (sulfide) groups is 1. The number of carbonyl (C=O) groups is 1. The second kappa shape index (κ2) is 8.34. The molecule has 9 nitrogen and oxygen atoms in total. The molecule has 0 fully saturated rings. The van der Waals surface area contributed by atoms with Gasteiger partial charge in [-0.15, -0.1) is 5.10 Å². The standard InChI is InChI=1S/C18H19N5O4S/c1-11-15(12(2)22-17(19-11)20-18(21-22)28-3)8-9-16(24)27-10-13-4-6-14(7-5-13)23(25)26/h4-7H,8-10H2,1-3H3. The van der Waals surface area contributed by atoms with E-state index in [2.05, 4.69) is 15.1 Å². The van der Waals surface area contributed by atoms with Gasteiger partial charge in [-0.25, -0.2) is 9.50 Å². The zero-order valence-corrected chi connectivity index (χ0v) is 16.5. The Kier molecular flexibility index (Phi) is 5.88. The number of fused-ring (bicyclic) bond motifs is 1. The van der Waals surface area contributed by atoms with Crippen molar-refractivity contribution >= 4 is 29.2 Å². The molecule has 0 atom stereocenters. The van der Waals surface area contributed by atoms with Gasteiger partial charge >= 0.3 is 5.97 Å². The summed E-state index contributed by atoms with van der Waals surface area (Å²) in [6, 6.07) is 5.92. The smallest absolute Gasteiger partial charge is 0.306 e. The van der Waals surface area contributed by atoms with Gasteiger partial charge in [0.05, 0.1) is 4.92 Å². The van der Waals surface area contributed by atoms with Crippen molar-refractivity contribution in [3.63, 3.8) is 0 Å². The lowest BCUT2D eigenvalue weighted by atomic mass is 10.1. The topological polar surface area (TPSA) is 113 Å². The predicted molar refractivity (Wildman–Crippen MR) is 103 cm³/mol. The Balaban J connectivity index is 1.61. The average Bonchev–Trinajstić information content (AvgIpc) is 3.09.